The molecule has 1 aliphatic rings. The molecule has 1 aliphatic heterocycles. The maximum absolute atomic E-state index is 5.79. The van der Waals surface area contributed by atoms with E-state index in [1.165, 1.54) is 0 Å². The number of nitrogens with two attached hydrogens (primary N) is 1. The van der Waals surface area contributed by atoms with E-state index >= 15 is 0 Å². The summed E-state index contributed by atoms with van der Waals surface area (Å²) in [5.41, 5.74) is 6.63. The number of pyridine rings is 1. The monoisotopic (exact) mass is 279 g/mol. The van der Waals surface area contributed by atoms with Crippen molar-refractivity contribution < 1.29 is 4.74 Å². The molecule has 6 heteroatoms. The minimum atomic E-state index is 0. The lowest BCUT2D eigenvalue weighted by Crippen LogP contribution is -2.28. The van der Waals surface area contributed by atoms with Crippen LogP contribution in [0.1, 0.15) is 5.69 Å². The van der Waals surface area contributed by atoms with Gasteiger partial charge in [0.15, 0.2) is 0 Å². The third-order valence-corrected chi connectivity index (χ3v) is 2.75. The van der Waals surface area contributed by atoms with Crippen LogP contribution >= 0.6 is 24.8 Å². The molecule has 3 N–H and O–H groups in total. The zero-order valence-electron chi connectivity index (χ0n) is 9.54. The van der Waals surface area contributed by atoms with E-state index in [4.69, 9.17) is 10.5 Å². The largest absolute Gasteiger partial charge is 0.370 e. The number of nitrogens with zero attached hydrogens (tertiary/aromatic N) is 1. The number of rotatable bonds is 4. The lowest BCUT2D eigenvalue weighted by Gasteiger charge is -2.17. The topological polar surface area (TPSA) is 60.2 Å². The van der Waals surface area contributed by atoms with Gasteiger partial charge in [-0.05, 0) is 18.7 Å². The lowest BCUT2D eigenvalue weighted by atomic mass is 10.1. The molecule has 1 fully saturated rings. The van der Waals surface area contributed by atoms with Crippen molar-refractivity contribution in [2.45, 2.75) is 12.7 Å². The highest BCUT2D eigenvalue weighted by atomic mass is 35.5. The summed E-state index contributed by atoms with van der Waals surface area (Å²) in [5.74, 6) is 0.439. The number of halogens is 2. The van der Waals surface area contributed by atoms with E-state index in [1.54, 1.807) is 6.20 Å². The Hall–Kier alpha value is -0.390. The molecule has 0 amide bonds. The lowest BCUT2D eigenvalue weighted by molar-refractivity contribution is 0.0263. The fourth-order valence-electron chi connectivity index (χ4n) is 1.82. The van der Waals surface area contributed by atoms with Crippen LogP contribution in [-0.4, -0.2) is 30.7 Å². The average Bonchev–Trinajstić information content (AvgIpc) is 2.75. The van der Waals surface area contributed by atoms with Gasteiger partial charge in [0.1, 0.15) is 0 Å². The molecule has 2 heterocycles. The molecule has 0 saturated carbocycles. The smallest absolute Gasteiger partial charge is 0.0892 e. The molecule has 1 saturated heterocycles. The molecule has 0 bridgehead atoms. The second-order valence-corrected chi connectivity index (χ2v) is 3.82. The standard InChI is InChI=1S/C11H17N3O.2ClH/c12-5-9-6-13-7-11(9)15-8-10-3-1-2-4-14-10;;/h1-4,9,11,13H,5-8,12H2;2*1H. The van der Waals surface area contributed by atoms with Crippen molar-refractivity contribution in [1.82, 2.24) is 10.3 Å². The van der Waals surface area contributed by atoms with E-state index in [0.717, 1.165) is 18.8 Å². The van der Waals surface area contributed by atoms with Gasteiger partial charge in [0.05, 0.1) is 18.4 Å². The Labute approximate surface area is 114 Å². The molecule has 0 aliphatic carbocycles. The highest BCUT2D eigenvalue weighted by molar-refractivity contribution is 5.85. The van der Waals surface area contributed by atoms with Crippen molar-refractivity contribution in [3.8, 4) is 0 Å². The Bertz CT molecular complexity index is 300. The summed E-state index contributed by atoms with van der Waals surface area (Å²) < 4.78 is 5.79. The Kier molecular flexibility index (Phi) is 8.47. The third-order valence-electron chi connectivity index (χ3n) is 2.75. The Balaban J connectivity index is 0.00000128. The van der Waals surface area contributed by atoms with Crippen molar-refractivity contribution >= 4 is 24.8 Å². The second kappa shape index (κ2) is 8.66. The number of hydrogen-bond donors (Lipinski definition) is 2. The third kappa shape index (κ3) is 4.77. The fourth-order valence-corrected chi connectivity index (χ4v) is 1.82. The highest BCUT2D eigenvalue weighted by Gasteiger charge is 2.26. The Morgan fingerprint density at radius 1 is 1.35 bits per heavy atom. The van der Waals surface area contributed by atoms with Crippen LogP contribution in [0.5, 0.6) is 0 Å². The van der Waals surface area contributed by atoms with Gasteiger partial charge in [-0.25, -0.2) is 0 Å². The summed E-state index contributed by atoms with van der Waals surface area (Å²) in [7, 11) is 0. The van der Waals surface area contributed by atoms with Crippen molar-refractivity contribution in [2.75, 3.05) is 19.6 Å². The molecule has 17 heavy (non-hydrogen) atoms. The Morgan fingerprint density at radius 3 is 2.82 bits per heavy atom. The first-order valence-electron chi connectivity index (χ1n) is 5.32. The molecular weight excluding hydrogens is 261 g/mol. The van der Waals surface area contributed by atoms with Gasteiger partial charge in [0, 0.05) is 25.2 Å². The van der Waals surface area contributed by atoms with Crippen LogP contribution in [0.25, 0.3) is 0 Å². The molecule has 0 radical (unpaired) electrons. The van der Waals surface area contributed by atoms with E-state index in [2.05, 4.69) is 10.3 Å². The minimum absolute atomic E-state index is 0. The van der Waals surface area contributed by atoms with Crippen LogP contribution in [0.15, 0.2) is 24.4 Å². The molecule has 1 aromatic heterocycles. The molecule has 2 rings (SSSR count). The van der Waals surface area contributed by atoms with E-state index < -0.39 is 0 Å². The van der Waals surface area contributed by atoms with E-state index in [-0.39, 0.29) is 30.9 Å². The maximum atomic E-state index is 5.79. The van der Waals surface area contributed by atoms with Crippen molar-refractivity contribution in [2.24, 2.45) is 11.7 Å². The number of aromatic nitrogens is 1. The summed E-state index contributed by atoms with van der Waals surface area (Å²) >= 11 is 0. The van der Waals surface area contributed by atoms with Gasteiger partial charge in [0.2, 0.25) is 0 Å². The van der Waals surface area contributed by atoms with E-state index in [9.17, 15) is 0 Å². The predicted molar refractivity (Wildman–Crippen MR) is 72.7 cm³/mol. The first-order valence-corrected chi connectivity index (χ1v) is 5.32. The van der Waals surface area contributed by atoms with Crippen LogP contribution in [-0.2, 0) is 11.3 Å². The van der Waals surface area contributed by atoms with Crippen LogP contribution in [0.2, 0.25) is 0 Å². The summed E-state index contributed by atoms with van der Waals surface area (Å²) in [6, 6.07) is 5.85. The van der Waals surface area contributed by atoms with Crippen LogP contribution in [0.4, 0.5) is 0 Å². The van der Waals surface area contributed by atoms with E-state index in [1.807, 2.05) is 18.2 Å². The summed E-state index contributed by atoms with van der Waals surface area (Å²) in [6.45, 7) is 3.11. The molecule has 2 atom stereocenters. The first kappa shape index (κ1) is 16.6. The van der Waals surface area contributed by atoms with Crippen molar-refractivity contribution in [3.63, 3.8) is 0 Å². The minimum Gasteiger partial charge on any atom is -0.370 e. The van der Waals surface area contributed by atoms with Gasteiger partial charge in [-0.3, -0.25) is 4.98 Å². The molecule has 98 valence electrons. The maximum Gasteiger partial charge on any atom is 0.0892 e. The van der Waals surface area contributed by atoms with Crippen LogP contribution in [0, 0.1) is 5.92 Å². The van der Waals surface area contributed by atoms with Gasteiger partial charge < -0.3 is 15.8 Å². The van der Waals surface area contributed by atoms with E-state index in [0.29, 0.717) is 19.1 Å². The molecular formula is C11H19Cl2N3O. The van der Waals surface area contributed by atoms with Gasteiger partial charge in [0.25, 0.3) is 0 Å². The van der Waals surface area contributed by atoms with Gasteiger partial charge in [-0.1, -0.05) is 6.07 Å². The number of ether oxygens (including phenoxy) is 1. The zero-order chi connectivity index (χ0) is 10.5. The van der Waals surface area contributed by atoms with Crippen LogP contribution in [0.3, 0.4) is 0 Å². The quantitative estimate of drug-likeness (QED) is 0.863. The fraction of sp³-hybridized carbons (Fsp3) is 0.545. The number of hydrogen-bond acceptors (Lipinski definition) is 4. The normalized spacial score (nSPS) is 22.6. The highest BCUT2D eigenvalue weighted by Crippen LogP contribution is 2.13. The van der Waals surface area contributed by atoms with Crippen molar-refractivity contribution in [3.05, 3.63) is 30.1 Å². The first-order chi connectivity index (χ1) is 7.40. The predicted octanol–water partition coefficient (Wildman–Crippen LogP) is 0.988. The van der Waals surface area contributed by atoms with Crippen molar-refractivity contribution in [1.29, 1.82) is 0 Å². The number of nitrogens with one attached hydrogen (secondary N) is 1. The molecule has 2 unspecified atom stereocenters. The summed E-state index contributed by atoms with van der Waals surface area (Å²) in [5, 5.41) is 3.28. The summed E-state index contributed by atoms with van der Waals surface area (Å²) in [6.07, 6.45) is 2.02. The molecule has 1 aromatic rings. The Morgan fingerprint density at radius 2 is 2.18 bits per heavy atom. The van der Waals surface area contributed by atoms with Crippen LogP contribution < -0.4 is 11.1 Å². The zero-order valence-corrected chi connectivity index (χ0v) is 11.2. The second-order valence-electron chi connectivity index (χ2n) is 3.82. The molecule has 4 nitrogen and oxygen atoms in total. The molecule has 0 spiro atoms. The van der Waals surface area contributed by atoms with Gasteiger partial charge in [-0.2, -0.15) is 0 Å². The summed E-state index contributed by atoms with van der Waals surface area (Å²) in [4.78, 5) is 4.21. The average molecular weight is 280 g/mol. The van der Waals surface area contributed by atoms with Gasteiger partial charge in [-0.15, -0.1) is 24.8 Å². The molecule has 0 aromatic carbocycles. The SMILES string of the molecule is Cl.Cl.NCC1CNCC1OCc1ccccn1. The van der Waals surface area contributed by atoms with Gasteiger partial charge >= 0.3 is 0 Å².